The molecule has 2 atom stereocenters. The zero-order valence-corrected chi connectivity index (χ0v) is 10.8. The molecule has 4 nitrogen and oxygen atoms in total. The van der Waals surface area contributed by atoms with Crippen molar-refractivity contribution in [2.45, 2.75) is 32.6 Å². The van der Waals surface area contributed by atoms with E-state index in [1.54, 1.807) is 0 Å². The first kappa shape index (κ1) is 13.1. The summed E-state index contributed by atoms with van der Waals surface area (Å²) < 4.78 is 0. The molecule has 100 valence electrons. The third-order valence-electron chi connectivity index (χ3n) is 4.16. The predicted octanol–water partition coefficient (Wildman–Crippen LogP) is 1.91. The van der Waals surface area contributed by atoms with Gasteiger partial charge in [0.25, 0.3) is 0 Å². The van der Waals surface area contributed by atoms with Crippen LogP contribution in [0, 0.1) is 17.8 Å². The van der Waals surface area contributed by atoms with Gasteiger partial charge in [0.15, 0.2) is 0 Å². The number of aliphatic carboxylic acids is 1. The van der Waals surface area contributed by atoms with Gasteiger partial charge in [0.05, 0.1) is 11.8 Å². The Kier molecular flexibility index (Phi) is 4.04. The van der Waals surface area contributed by atoms with Crippen molar-refractivity contribution in [2.24, 2.45) is 17.8 Å². The van der Waals surface area contributed by atoms with Gasteiger partial charge in [-0.25, -0.2) is 0 Å². The number of allylic oxidation sites excluding steroid dienone is 2. The Morgan fingerprint density at radius 1 is 1.11 bits per heavy atom. The fraction of sp³-hybridized carbons (Fsp3) is 0.714. The third-order valence-corrected chi connectivity index (χ3v) is 4.16. The van der Waals surface area contributed by atoms with Crippen molar-refractivity contribution < 1.29 is 14.7 Å². The van der Waals surface area contributed by atoms with Gasteiger partial charge < -0.3 is 10.0 Å². The molecule has 1 aliphatic heterocycles. The highest BCUT2D eigenvalue weighted by atomic mass is 16.4. The Bertz CT molecular complexity index is 356. The van der Waals surface area contributed by atoms with E-state index in [9.17, 15) is 14.7 Å². The monoisotopic (exact) mass is 251 g/mol. The fourth-order valence-electron chi connectivity index (χ4n) is 2.82. The molecular weight excluding hydrogens is 230 g/mol. The van der Waals surface area contributed by atoms with Crippen LogP contribution < -0.4 is 0 Å². The van der Waals surface area contributed by atoms with Crippen LogP contribution in [0.4, 0.5) is 0 Å². The zero-order valence-electron chi connectivity index (χ0n) is 10.8. The minimum atomic E-state index is -0.844. The summed E-state index contributed by atoms with van der Waals surface area (Å²) in [5.74, 6) is -1.03. The van der Waals surface area contributed by atoms with Crippen molar-refractivity contribution in [3.8, 4) is 0 Å². The second-order valence-corrected chi connectivity index (χ2v) is 5.50. The third kappa shape index (κ3) is 2.74. The van der Waals surface area contributed by atoms with Crippen LogP contribution in [0.1, 0.15) is 32.6 Å². The number of hydrogen-bond donors (Lipinski definition) is 1. The van der Waals surface area contributed by atoms with Crippen LogP contribution in [0.25, 0.3) is 0 Å². The Hall–Kier alpha value is -1.32. The number of carboxylic acids is 1. The Balaban J connectivity index is 2.03. The second kappa shape index (κ2) is 5.55. The molecule has 0 bridgehead atoms. The second-order valence-electron chi connectivity index (χ2n) is 5.50. The average molecular weight is 251 g/mol. The first-order chi connectivity index (χ1) is 8.59. The SMILES string of the molecule is CC1CCN(C(=O)[C@@H]2CC=CC[C@H]2C(=O)O)CC1. The molecule has 0 unspecified atom stereocenters. The lowest BCUT2D eigenvalue weighted by Gasteiger charge is -2.35. The summed E-state index contributed by atoms with van der Waals surface area (Å²) in [7, 11) is 0. The highest BCUT2D eigenvalue weighted by molar-refractivity contribution is 5.85. The largest absolute Gasteiger partial charge is 0.481 e. The lowest BCUT2D eigenvalue weighted by atomic mass is 9.81. The molecule has 1 heterocycles. The minimum absolute atomic E-state index is 0.0404. The van der Waals surface area contributed by atoms with Crippen molar-refractivity contribution in [1.82, 2.24) is 4.90 Å². The molecule has 1 saturated heterocycles. The van der Waals surface area contributed by atoms with Gasteiger partial charge in [0.2, 0.25) is 5.91 Å². The van der Waals surface area contributed by atoms with E-state index < -0.39 is 11.9 Å². The molecule has 1 aliphatic carbocycles. The number of amides is 1. The van der Waals surface area contributed by atoms with Gasteiger partial charge in [0, 0.05) is 13.1 Å². The van der Waals surface area contributed by atoms with Gasteiger partial charge in [0.1, 0.15) is 0 Å². The summed E-state index contributed by atoms with van der Waals surface area (Å²) in [6.07, 6.45) is 6.94. The van der Waals surface area contributed by atoms with Crippen molar-refractivity contribution >= 4 is 11.9 Å². The Morgan fingerprint density at radius 3 is 2.22 bits per heavy atom. The normalized spacial score (nSPS) is 29.3. The number of carbonyl (C=O) groups is 2. The van der Waals surface area contributed by atoms with Gasteiger partial charge in [-0.05, 0) is 31.6 Å². The minimum Gasteiger partial charge on any atom is -0.481 e. The summed E-state index contributed by atoms with van der Waals surface area (Å²) >= 11 is 0. The van der Waals surface area contributed by atoms with E-state index in [1.807, 2.05) is 17.1 Å². The van der Waals surface area contributed by atoms with E-state index in [4.69, 9.17) is 0 Å². The molecule has 1 amide bonds. The number of likely N-dealkylation sites (tertiary alicyclic amines) is 1. The summed E-state index contributed by atoms with van der Waals surface area (Å²) in [6, 6.07) is 0. The highest BCUT2D eigenvalue weighted by Gasteiger charge is 2.36. The molecule has 1 N–H and O–H groups in total. The van der Waals surface area contributed by atoms with E-state index in [-0.39, 0.29) is 11.8 Å². The maximum atomic E-state index is 12.4. The van der Waals surface area contributed by atoms with Gasteiger partial charge >= 0.3 is 5.97 Å². The summed E-state index contributed by atoms with van der Waals surface area (Å²) in [6.45, 7) is 3.77. The van der Waals surface area contributed by atoms with Crippen molar-refractivity contribution in [3.63, 3.8) is 0 Å². The molecular formula is C14H21NO3. The molecule has 1 fully saturated rings. The van der Waals surface area contributed by atoms with E-state index in [0.29, 0.717) is 18.8 Å². The maximum Gasteiger partial charge on any atom is 0.307 e. The molecule has 0 radical (unpaired) electrons. The van der Waals surface area contributed by atoms with Crippen LogP contribution in [-0.2, 0) is 9.59 Å². The Labute approximate surface area is 108 Å². The van der Waals surface area contributed by atoms with E-state index >= 15 is 0 Å². The average Bonchev–Trinajstić information content (AvgIpc) is 2.39. The highest BCUT2D eigenvalue weighted by Crippen LogP contribution is 2.29. The molecule has 0 aromatic rings. The van der Waals surface area contributed by atoms with Gasteiger partial charge in [-0.3, -0.25) is 9.59 Å². The van der Waals surface area contributed by atoms with Crippen LogP contribution in [0.15, 0.2) is 12.2 Å². The van der Waals surface area contributed by atoms with Crippen LogP contribution >= 0.6 is 0 Å². The number of hydrogen-bond acceptors (Lipinski definition) is 2. The number of carboxylic acid groups (broad SMARTS) is 1. The van der Waals surface area contributed by atoms with Crippen LogP contribution in [0.5, 0.6) is 0 Å². The van der Waals surface area contributed by atoms with Crippen LogP contribution in [-0.4, -0.2) is 35.0 Å². The smallest absolute Gasteiger partial charge is 0.307 e. The lowest BCUT2D eigenvalue weighted by molar-refractivity contribution is -0.151. The molecule has 2 rings (SSSR count). The predicted molar refractivity (Wildman–Crippen MR) is 68.0 cm³/mol. The molecule has 4 heteroatoms. The molecule has 0 saturated carbocycles. The van der Waals surface area contributed by atoms with Crippen LogP contribution in [0.3, 0.4) is 0 Å². The first-order valence-corrected chi connectivity index (χ1v) is 6.76. The first-order valence-electron chi connectivity index (χ1n) is 6.76. The Morgan fingerprint density at radius 2 is 1.67 bits per heavy atom. The maximum absolute atomic E-state index is 12.4. The summed E-state index contributed by atoms with van der Waals surface area (Å²) in [5, 5.41) is 9.19. The number of nitrogens with zero attached hydrogens (tertiary/aromatic N) is 1. The topological polar surface area (TPSA) is 57.6 Å². The van der Waals surface area contributed by atoms with E-state index in [0.717, 1.165) is 25.9 Å². The quantitative estimate of drug-likeness (QED) is 0.763. The standard InChI is InChI=1S/C14H21NO3/c1-10-6-8-15(9-7-10)13(16)11-4-2-3-5-12(11)14(17)18/h2-3,10-12H,4-9H2,1H3,(H,17,18)/t11-,12-/m1/s1. The zero-order chi connectivity index (χ0) is 13.1. The molecule has 0 spiro atoms. The summed E-state index contributed by atoms with van der Waals surface area (Å²) in [5.41, 5.74) is 0. The molecule has 0 aromatic carbocycles. The van der Waals surface area contributed by atoms with Crippen molar-refractivity contribution in [1.29, 1.82) is 0 Å². The molecule has 0 aromatic heterocycles. The lowest BCUT2D eigenvalue weighted by Crippen LogP contribution is -2.45. The van der Waals surface area contributed by atoms with Crippen molar-refractivity contribution in [3.05, 3.63) is 12.2 Å². The van der Waals surface area contributed by atoms with E-state index in [1.165, 1.54) is 0 Å². The molecule has 2 aliphatic rings. The van der Waals surface area contributed by atoms with Gasteiger partial charge in [-0.2, -0.15) is 0 Å². The van der Waals surface area contributed by atoms with Gasteiger partial charge in [-0.1, -0.05) is 19.1 Å². The van der Waals surface area contributed by atoms with E-state index in [2.05, 4.69) is 6.92 Å². The van der Waals surface area contributed by atoms with Crippen LogP contribution in [0.2, 0.25) is 0 Å². The number of carbonyl (C=O) groups excluding carboxylic acids is 1. The number of rotatable bonds is 2. The molecule has 18 heavy (non-hydrogen) atoms. The number of piperidine rings is 1. The van der Waals surface area contributed by atoms with Gasteiger partial charge in [-0.15, -0.1) is 0 Å². The van der Waals surface area contributed by atoms with Crippen molar-refractivity contribution in [2.75, 3.05) is 13.1 Å². The summed E-state index contributed by atoms with van der Waals surface area (Å²) in [4.78, 5) is 25.5. The fourth-order valence-corrected chi connectivity index (χ4v) is 2.82.